The van der Waals surface area contributed by atoms with E-state index in [1.807, 2.05) is 39.4 Å². The molecule has 33 heavy (non-hydrogen) atoms. The van der Waals surface area contributed by atoms with E-state index in [-0.39, 0.29) is 6.61 Å². The maximum atomic E-state index is 12.2. The Morgan fingerprint density at radius 3 is 2.76 bits per heavy atom. The zero-order valence-corrected chi connectivity index (χ0v) is 20.7. The number of halogens is 2. The fourth-order valence-electron chi connectivity index (χ4n) is 3.86. The minimum atomic E-state index is -0.414. The zero-order chi connectivity index (χ0) is 23.5. The molecule has 1 aromatic carbocycles. The van der Waals surface area contributed by atoms with Gasteiger partial charge in [-0.05, 0) is 46.1 Å². The van der Waals surface area contributed by atoms with E-state index in [4.69, 9.17) is 21.3 Å². The van der Waals surface area contributed by atoms with Crippen LogP contribution in [0.15, 0.2) is 47.2 Å². The van der Waals surface area contributed by atoms with E-state index < -0.39 is 5.97 Å². The van der Waals surface area contributed by atoms with Crippen molar-refractivity contribution in [3.8, 4) is 11.3 Å². The van der Waals surface area contributed by atoms with Crippen LogP contribution in [0.4, 0.5) is 0 Å². The van der Waals surface area contributed by atoms with Crippen LogP contribution in [-0.2, 0) is 24.3 Å². The Morgan fingerprint density at radius 1 is 1.24 bits per heavy atom. The third-order valence-corrected chi connectivity index (χ3v) is 6.63. The second-order valence-corrected chi connectivity index (χ2v) is 8.77. The minimum absolute atomic E-state index is 0.177. The molecule has 0 aliphatic heterocycles. The molecule has 0 aliphatic carbocycles. The van der Waals surface area contributed by atoms with Crippen molar-refractivity contribution in [2.75, 3.05) is 7.11 Å². The molecule has 9 heteroatoms. The Hall–Kier alpha value is -2.68. The Bertz CT molecular complexity index is 1310. The van der Waals surface area contributed by atoms with E-state index in [0.29, 0.717) is 34.2 Å². The Labute approximate surface area is 205 Å². The van der Waals surface area contributed by atoms with Gasteiger partial charge in [0, 0.05) is 24.7 Å². The molecule has 0 fully saturated rings. The van der Waals surface area contributed by atoms with Gasteiger partial charge >= 0.3 is 5.97 Å². The highest BCUT2D eigenvalue weighted by Gasteiger charge is 2.20. The maximum Gasteiger partial charge on any atom is 0.338 e. The van der Waals surface area contributed by atoms with Gasteiger partial charge in [0.15, 0.2) is 5.15 Å². The van der Waals surface area contributed by atoms with Crippen molar-refractivity contribution in [3.63, 3.8) is 0 Å². The summed E-state index contributed by atoms with van der Waals surface area (Å²) in [6, 6.07) is 11.2. The van der Waals surface area contributed by atoms with Gasteiger partial charge in [0.1, 0.15) is 21.8 Å². The number of aliphatic hydroxyl groups excluding tert-OH is 1. The minimum Gasteiger partial charge on any atom is -0.465 e. The number of aromatic nitrogens is 4. The van der Waals surface area contributed by atoms with Crippen LogP contribution in [0.1, 0.15) is 47.2 Å². The SMILES string of the molecule is CCCCc1nc(Cl)c(CO)n1Cc1ccn2c(Br)c(-c3ccccc3C(=O)OC)nc2c1. The molecule has 0 radical (unpaired) electrons. The molecule has 3 heterocycles. The van der Waals surface area contributed by atoms with E-state index in [1.165, 1.54) is 7.11 Å². The third kappa shape index (κ3) is 4.55. The summed E-state index contributed by atoms with van der Waals surface area (Å²) >= 11 is 9.92. The smallest absolute Gasteiger partial charge is 0.338 e. The second-order valence-electron chi connectivity index (χ2n) is 7.66. The van der Waals surface area contributed by atoms with Gasteiger partial charge in [-0.3, -0.25) is 4.40 Å². The second kappa shape index (κ2) is 10.1. The highest BCUT2D eigenvalue weighted by molar-refractivity contribution is 9.10. The first-order chi connectivity index (χ1) is 16.0. The lowest BCUT2D eigenvalue weighted by atomic mass is 10.1. The van der Waals surface area contributed by atoms with Crippen LogP contribution < -0.4 is 0 Å². The largest absolute Gasteiger partial charge is 0.465 e. The van der Waals surface area contributed by atoms with E-state index in [0.717, 1.165) is 40.9 Å². The van der Waals surface area contributed by atoms with Crippen LogP contribution in [0.3, 0.4) is 0 Å². The number of rotatable bonds is 8. The number of pyridine rings is 1. The van der Waals surface area contributed by atoms with E-state index >= 15 is 0 Å². The predicted octanol–water partition coefficient (Wildman–Crippen LogP) is 5.28. The number of benzene rings is 1. The lowest BCUT2D eigenvalue weighted by Crippen LogP contribution is -2.09. The number of nitrogens with zero attached hydrogens (tertiary/aromatic N) is 4. The number of fused-ring (bicyclic) bond motifs is 1. The van der Waals surface area contributed by atoms with E-state index in [2.05, 4.69) is 27.8 Å². The molecule has 0 atom stereocenters. The Balaban J connectivity index is 1.74. The molecule has 4 aromatic rings. The van der Waals surface area contributed by atoms with Crippen molar-refractivity contribution >= 4 is 39.1 Å². The summed E-state index contributed by atoms with van der Waals surface area (Å²) in [7, 11) is 1.36. The number of hydrogen-bond acceptors (Lipinski definition) is 5. The van der Waals surface area contributed by atoms with Crippen LogP contribution in [0.2, 0.25) is 5.15 Å². The van der Waals surface area contributed by atoms with Crippen molar-refractivity contribution in [1.82, 2.24) is 18.9 Å². The van der Waals surface area contributed by atoms with Crippen molar-refractivity contribution < 1.29 is 14.6 Å². The first-order valence-electron chi connectivity index (χ1n) is 10.7. The molecule has 1 N–H and O–H groups in total. The number of aliphatic hydroxyl groups is 1. The molecule has 3 aromatic heterocycles. The summed E-state index contributed by atoms with van der Waals surface area (Å²) in [4.78, 5) is 21.5. The average molecular weight is 532 g/mol. The number of ether oxygens (including phenoxy) is 1. The summed E-state index contributed by atoms with van der Waals surface area (Å²) in [5.41, 5.74) is 4.12. The topological polar surface area (TPSA) is 81.7 Å². The molecule has 0 aliphatic rings. The molecule has 0 amide bonds. The number of esters is 1. The average Bonchev–Trinajstić information content (AvgIpc) is 3.32. The molecule has 0 bridgehead atoms. The quantitative estimate of drug-likeness (QED) is 0.313. The van der Waals surface area contributed by atoms with Gasteiger partial charge in [0.25, 0.3) is 0 Å². The van der Waals surface area contributed by atoms with E-state index in [1.54, 1.807) is 12.1 Å². The van der Waals surface area contributed by atoms with Crippen molar-refractivity contribution in [1.29, 1.82) is 0 Å². The van der Waals surface area contributed by atoms with Crippen LogP contribution in [0.5, 0.6) is 0 Å². The number of unbranched alkanes of at least 4 members (excludes halogenated alkanes) is 1. The first-order valence-corrected chi connectivity index (χ1v) is 11.8. The highest BCUT2D eigenvalue weighted by Crippen LogP contribution is 2.32. The van der Waals surface area contributed by atoms with Crippen LogP contribution in [-0.4, -0.2) is 37.1 Å². The fraction of sp³-hybridized carbons (Fsp3) is 0.292. The number of imidazole rings is 2. The monoisotopic (exact) mass is 530 g/mol. The summed E-state index contributed by atoms with van der Waals surface area (Å²) in [5.74, 6) is 0.450. The van der Waals surface area contributed by atoms with Crippen LogP contribution in [0.25, 0.3) is 16.9 Å². The normalized spacial score (nSPS) is 11.3. The molecule has 7 nitrogen and oxygen atoms in total. The Morgan fingerprint density at radius 2 is 2.03 bits per heavy atom. The van der Waals surface area contributed by atoms with Gasteiger partial charge in [-0.2, -0.15) is 0 Å². The number of carbonyl (C=O) groups is 1. The zero-order valence-electron chi connectivity index (χ0n) is 18.4. The number of aryl methyl sites for hydroxylation is 1. The predicted molar refractivity (Wildman–Crippen MR) is 131 cm³/mol. The molecule has 172 valence electrons. The molecular weight excluding hydrogens is 508 g/mol. The summed E-state index contributed by atoms with van der Waals surface area (Å²) in [6.45, 7) is 2.47. The summed E-state index contributed by atoms with van der Waals surface area (Å²) in [5, 5.41) is 10.2. The molecular formula is C24H24BrClN4O3. The lowest BCUT2D eigenvalue weighted by Gasteiger charge is -2.11. The van der Waals surface area contributed by atoms with Gasteiger partial charge in [-0.25, -0.2) is 14.8 Å². The number of hydrogen-bond donors (Lipinski definition) is 1. The highest BCUT2D eigenvalue weighted by atomic mass is 79.9. The van der Waals surface area contributed by atoms with Gasteiger partial charge in [-0.15, -0.1) is 0 Å². The lowest BCUT2D eigenvalue weighted by molar-refractivity contribution is 0.0601. The van der Waals surface area contributed by atoms with Crippen LogP contribution >= 0.6 is 27.5 Å². The molecule has 0 saturated heterocycles. The van der Waals surface area contributed by atoms with Crippen molar-refractivity contribution in [2.45, 2.75) is 39.3 Å². The molecule has 0 unspecified atom stereocenters. The fourth-order valence-corrected chi connectivity index (χ4v) is 4.72. The van der Waals surface area contributed by atoms with Crippen LogP contribution in [0, 0.1) is 0 Å². The van der Waals surface area contributed by atoms with Gasteiger partial charge in [0.05, 0.1) is 25.0 Å². The maximum absolute atomic E-state index is 12.2. The third-order valence-electron chi connectivity index (χ3n) is 5.57. The van der Waals surface area contributed by atoms with Gasteiger partial charge in [0.2, 0.25) is 0 Å². The van der Waals surface area contributed by atoms with Crippen molar-refractivity contribution in [2.24, 2.45) is 0 Å². The number of carbonyl (C=O) groups excluding carboxylic acids is 1. The molecule has 0 spiro atoms. The summed E-state index contributed by atoms with van der Waals surface area (Å²) in [6.07, 6.45) is 4.76. The van der Waals surface area contributed by atoms with Crippen molar-refractivity contribution in [3.05, 3.63) is 75.0 Å². The Kier molecular flexibility index (Phi) is 7.17. The summed E-state index contributed by atoms with van der Waals surface area (Å²) < 4.78 is 9.57. The number of methoxy groups -OCH3 is 1. The molecule has 0 saturated carbocycles. The van der Waals surface area contributed by atoms with Gasteiger partial charge < -0.3 is 14.4 Å². The molecule has 4 rings (SSSR count). The van der Waals surface area contributed by atoms with E-state index in [9.17, 15) is 9.90 Å². The van der Waals surface area contributed by atoms with Gasteiger partial charge in [-0.1, -0.05) is 43.1 Å². The standard InChI is InChI=1S/C24H24BrClN4O3/c1-3-4-9-19-28-23(26)18(14-31)30(19)13-15-10-11-29-20(12-15)27-21(22(29)25)16-7-5-6-8-17(16)24(32)33-2/h5-8,10-12,31H,3-4,9,13-14H2,1-2H3. The first kappa shape index (κ1) is 23.5.